The molecule has 4 N–H and O–H groups in total. The van der Waals surface area contributed by atoms with Gasteiger partial charge in [-0.05, 0) is 61.5 Å². The van der Waals surface area contributed by atoms with Crippen LogP contribution in [0, 0.1) is 17.8 Å². The van der Waals surface area contributed by atoms with Crippen molar-refractivity contribution in [2.24, 2.45) is 23.5 Å². The summed E-state index contributed by atoms with van der Waals surface area (Å²) in [5, 5.41) is 23.1. The lowest BCUT2D eigenvalue weighted by Gasteiger charge is -2.62. The number of hydrogen-bond acceptors (Lipinski definition) is 4. The average Bonchev–Trinajstić information content (AvgIpc) is 3.42. The number of aromatic hydroxyl groups is 1. The molecule has 1 aromatic rings. The quantitative estimate of drug-likeness (QED) is 0.696. The van der Waals surface area contributed by atoms with E-state index in [1.807, 2.05) is 6.07 Å². The highest BCUT2D eigenvalue weighted by atomic mass is 32.1. The summed E-state index contributed by atoms with van der Waals surface area (Å²) in [5.41, 5.74) is 6.50. The lowest BCUT2D eigenvalue weighted by Crippen LogP contribution is -2.66. The number of phenols is 1. The molecule has 0 saturated heterocycles. The number of rotatable bonds is 3. The highest BCUT2D eigenvalue weighted by molar-refractivity contribution is 7.80. The van der Waals surface area contributed by atoms with Crippen molar-refractivity contribution in [3.63, 3.8) is 0 Å². The van der Waals surface area contributed by atoms with E-state index in [2.05, 4.69) is 0 Å². The van der Waals surface area contributed by atoms with E-state index in [1.165, 1.54) is 19.3 Å². The minimum Gasteiger partial charge on any atom is -0.507 e. The van der Waals surface area contributed by atoms with Crippen LogP contribution in [0.3, 0.4) is 0 Å². The van der Waals surface area contributed by atoms with Crippen LogP contribution < -0.4 is 5.73 Å². The Kier molecular flexibility index (Phi) is 3.77. The summed E-state index contributed by atoms with van der Waals surface area (Å²) in [6.07, 6.45) is 7.65. The van der Waals surface area contributed by atoms with Gasteiger partial charge in [-0.2, -0.15) is 0 Å². The molecule has 5 heteroatoms. The smallest absolute Gasteiger partial charge is 0.134 e. The Labute approximate surface area is 165 Å². The summed E-state index contributed by atoms with van der Waals surface area (Å²) in [6.45, 7) is 0. The van der Waals surface area contributed by atoms with E-state index in [0.717, 1.165) is 36.3 Å². The minimum atomic E-state index is -0.919. The molecule has 0 aliphatic heterocycles. The Morgan fingerprint density at radius 2 is 2.04 bits per heavy atom. The van der Waals surface area contributed by atoms with Gasteiger partial charge in [0.1, 0.15) is 16.5 Å². The number of fused-ring (bicyclic) bond motifs is 1. The molecule has 0 heterocycles. The zero-order valence-corrected chi connectivity index (χ0v) is 16.4. The summed E-state index contributed by atoms with van der Waals surface area (Å²) in [5.74, 6) is 1.78. The van der Waals surface area contributed by atoms with Crippen molar-refractivity contribution in [1.29, 1.82) is 0 Å². The molecule has 3 fully saturated rings. The summed E-state index contributed by atoms with van der Waals surface area (Å²) < 4.78 is 0. The van der Waals surface area contributed by atoms with Crippen LogP contribution in [0.15, 0.2) is 12.1 Å². The van der Waals surface area contributed by atoms with Gasteiger partial charge in [-0.3, -0.25) is 4.79 Å². The maximum atomic E-state index is 12.5. The topological polar surface area (TPSA) is 83.6 Å². The zero-order valence-electron chi connectivity index (χ0n) is 15.5. The summed E-state index contributed by atoms with van der Waals surface area (Å²) in [4.78, 5) is 12.7. The third-order valence-electron chi connectivity index (χ3n) is 8.02. The van der Waals surface area contributed by atoms with Crippen molar-refractivity contribution < 1.29 is 15.0 Å². The van der Waals surface area contributed by atoms with Crippen molar-refractivity contribution in [2.45, 2.75) is 68.8 Å². The van der Waals surface area contributed by atoms with E-state index in [4.69, 9.17) is 18.0 Å². The molecule has 2 bridgehead atoms. The van der Waals surface area contributed by atoms with Crippen molar-refractivity contribution in [3.8, 4) is 5.75 Å². The first-order chi connectivity index (χ1) is 12.9. The van der Waals surface area contributed by atoms with Gasteiger partial charge in [0.15, 0.2) is 0 Å². The molecule has 4 nitrogen and oxygen atoms in total. The maximum absolute atomic E-state index is 12.5. The molecule has 0 amide bonds. The van der Waals surface area contributed by atoms with E-state index < -0.39 is 11.0 Å². The fourth-order valence-electron chi connectivity index (χ4n) is 6.62. The van der Waals surface area contributed by atoms with E-state index in [1.54, 1.807) is 6.07 Å². The summed E-state index contributed by atoms with van der Waals surface area (Å²) >= 11 is 5.12. The van der Waals surface area contributed by atoms with Gasteiger partial charge in [-0.1, -0.05) is 31.1 Å². The predicted molar refractivity (Wildman–Crippen MR) is 107 cm³/mol. The van der Waals surface area contributed by atoms with Gasteiger partial charge in [0.2, 0.25) is 0 Å². The number of Topliss-reactive ketones (excluding diaryl/α,β-unsaturated/α-hetero) is 1. The SMILES string of the molecule is NC(=S)c1ccc2c(c1O)[C@]13CCC(CC4CC4)[C@H](C2)[C@]1(O)CCC(=O)C3. The molecule has 0 aromatic heterocycles. The van der Waals surface area contributed by atoms with Gasteiger partial charge in [0.25, 0.3) is 0 Å². The number of phenolic OH excluding ortho intramolecular Hbond substituents is 1. The first-order valence-corrected chi connectivity index (χ1v) is 10.7. The molecular formula is C22H27NO3S. The molecular weight excluding hydrogens is 358 g/mol. The predicted octanol–water partition coefficient (Wildman–Crippen LogP) is 3.13. The second-order valence-corrected chi connectivity index (χ2v) is 9.81. The molecule has 5 rings (SSSR count). The van der Waals surface area contributed by atoms with Gasteiger partial charge in [0.05, 0.1) is 11.2 Å². The number of ketones is 1. The molecule has 4 aliphatic carbocycles. The van der Waals surface area contributed by atoms with Crippen LogP contribution in [0.5, 0.6) is 5.75 Å². The number of aliphatic hydroxyl groups is 1. The highest BCUT2D eigenvalue weighted by Gasteiger charge is 2.65. The molecule has 0 radical (unpaired) electrons. The molecule has 4 atom stereocenters. The third-order valence-corrected chi connectivity index (χ3v) is 8.24. The Morgan fingerprint density at radius 1 is 1.26 bits per heavy atom. The Bertz CT molecular complexity index is 848. The number of nitrogens with two attached hydrogens (primary N) is 1. The van der Waals surface area contributed by atoms with Crippen molar-refractivity contribution >= 4 is 23.0 Å². The van der Waals surface area contributed by atoms with Crippen molar-refractivity contribution in [2.75, 3.05) is 0 Å². The monoisotopic (exact) mass is 385 g/mol. The third kappa shape index (κ3) is 2.37. The molecule has 1 unspecified atom stereocenters. The molecule has 0 spiro atoms. The van der Waals surface area contributed by atoms with Gasteiger partial charge in [0, 0.05) is 23.8 Å². The van der Waals surface area contributed by atoms with Crippen molar-refractivity contribution in [1.82, 2.24) is 0 Å². The second kappa shape index (κ2) is 5.77. The van der Waals surface area contributed by atoms with Gasteiger partial charge < -0.3 is 15.9 Å². The first kappa shape index (κ1) is 17.6. The molecule has 3 saturated carbocycles. The highest BCUT2D eigenvalue weighted by Crippen LogP contribution is 2.64. The van der Waals surface area contributed by atoms with Crippen LogP contribution in [0.25, 0.3) is 0 Å². The minimum absolute atomic E-state index is 0.0900. The molecule has 1 aromatic carbocycles. The number of thiocarbonyl (C=S) groups is 1. The van der Waals surface area contributed by atoms with Crippen LogP contribution in [0.2, 0.25) is 0 Å². The number of carbonyl (C=O) groups excluding carboxylic acids is 1. The van der Waals surface area contributed by atoms with Gasteiger partial charge >= 0.3 is 0 Å². The summed E-state index contributed by atoms with van der Waals surface area (Å²) in [6, 6.07) is 3.81. The molecule has 144 valence electrons. The van der Waals surface area contributed by atoms with Crippen LogP contribution in [-0.4, -0.2) is 26.6 Å². The lowest BCUT2D eigenvalue weighted by atomic mass is 9.43. The maximum Gasteiger partial charge on any atom is 0.134 e. The molecule has 4 aliphatic rings. The number of benzene rings is 1. The Hall–Kier alpha value is -1.46. The second-order valence-electron chi connectivity index (χ2n) is 9.37. The van der Waals surface area contributed by atoms with Crippen molar-refractivity contribution in [3.05, 3.63) is 28.8 Å². The van der Waals surface area contributed by atoms with Crippen LogP contribution >= 0.6 is 12.2 Å². The lowest BCUT2D eigenvalue weighted by molar-refractivity contribution is -0.173. The van der Waals surface area contributed by atoms with E-state index in [9.17, 15) is 15.0 Å². The van der Waals surface area contributed by atoms with Gasteiger partial charge in [-0.25, -0.2) is 0 Å². The Morgan fingerprint density at radius 3 is 2.74 bits per heavy atom. The van der Waals surface area contributed by atoms with E-state index >= 15 is 0 Å². The first-order valence-electron chi connectivity index (χ1n) is 10.2. The van der Waals surface area contributed by atoms with Crippen LogP contribution in [0.1, 0.15) is 68.1 Å². The Balaban J connectivity index is 1.70. The van der Waals surface area contributed by atoms with E-state index in [0.29, 0.717) is 30.7 Å². The normalized spacial score (nSPS) is 37.4. The zero-order chi connectivity index (χ0) is 19.0. The fraction of sp³-hybridized carbons (Fsp3) is 0.636. The number of hydrogen-bond donors (Lipinski definition) is 3. The molecule has 27 heavy (non-hydrogen) atoms. The standard InChI is InChI=1S/C22H27NO3S/c23-20(27)16-4-3-14-10-17-13(9-12-1-2-12)5-7-21(18(14)19(16)25)11-15(24)6-8-22(17,21)26/h3-4,12-13,17,25-26H,1-2,5-11H2,(H2,23,27)/t13?,17-,21+,22+/m0/s1. The largest absolute Gasteiger partial charge is 0.507 e. The summed E-state index contributed by atoms with van der Waals surface area (Å²) in [7, 11) is 0. The van der Waals surface area contributed by atoms with Gasteiger partial charge in [-0.15, -0.1) is 0 Å². The van der Waals surface area contributed by atoms with Crippen LogP contribution in [0.4, 0.5) is 0 Å². The van der Waals surface area contributed by atoms with Crippen LogP contribution in [-0.2, 0) is 16.6 Å². The average molecular weight is 386 g/mol. The number of carbonyl (C=O) groups is 1. The van der Waals surface area contributed by atoms with E-state index in [-0.39, 0.29) is 22.4 Å². The fourth-order valence-corrected chi connectivity index (χ4v) is 6.78.